The van der Waals surface area contributed by atoms with Crippen LogP contribution in [0.5, 0.6) is 0 Å². The van der Waals surface area contributed by atoms with Crippen LogP contribution >= 0.6 is 0 Å². The van der Waals surface area contributed by atoms with Crippen molar-refractivity contribution in [1.82, 2.24) is 4.90 Å². The molecule has 2 aliphatic rings. The third-order valence-corrected chi connectivity index (χ3v) is 3.70. The molecule has 100 valence electrons. The monoisotopic (exact) mass is 265 g/mol. The standard InChI is InChI=1S/C17H15NO2/c1-3-11-10-18(2)9-8-12(11)15-16(19)13-6-4-5-7-14(13)17(15)20/h4-10H,3H2,1-2H3. The summed E-state index contributed by atoms with van der Waals surface area (Å²) in [6, 6.07) is 7.02. The van der Waals surface area contributed by atoms with Crippen LogP contribution in [0.2, 0.25) is 0 Å². The molecular formula is C17H15NO2. The highest BCUT2D eigenvalue weighted by Gasteiger charge is 2.35. The molecule has 0 aromatic heterocycles. The van der Waals surface area contributed by atoms with Crippen molar-refractivity contribution in [1.29, 1.82) is 0 Å². The zero-order valence-electron chi connectivity index (χ0n) is 11.5. The van der Waals surface area contributed by atoms with E-state index in [4.69, 9.17) is 0 Å². The molecule has 3 nitrogen and oxygen atoms in total. The van der Waals surface area contributed by atoms with E-state index in [0.717, 1.165) is 17.6 Å². The van der Waals surface area contributed by atoms with Gasteiger partial charge >= 0.3 is 0 Å². The van der Waals surface area contributed by atoms with Gasteiger partial charge in [0.05, 0.1) is 5.57 Å². The number of benzene rings is 1. The Kier molecular flexibility index (Phi) is 2.90. The van der Waals surface area contributed by atoms with Gasteiger partial charge in [-0.3, -0.25) is 9.59 Å². The number of hydrogen-bond donors (Lipinski definition) is 0. The fraction of sp³-hybridized carbons (Fsp3) is 0.176. The lowest BCUT2D eigenvalue weighted by Crippen LogP contribution is -2.12. The molecule has 0 N–H and O–H groups in total. The smallest absolute Gasteiger partial charge is 0.198 e. The van der Waals surface area contributed by atoms with Gasteiger partial charge in [-0.15, -0.1) is 0 Å². The number of ketones is 2. The fourth-order valence-corrected chi connectivity index (χ4v) is 2.68. The number of fused-ring (bicyclic) bond motifs is 1. The van der Waals surface area contributed by atoms with E-state index in [2.05, 4.69) is 0 Å². The Labute approximate surface area is 117 Å². The van der Waals surface area contributed by atoms with Crippen molar-refractivity contribution in [2.75, 3.05) is 7.05 Å². The summed E-state index contributed by atoms with van der Waals surface area (Å²) in [5, 5.41) is 0. The molecule has 1 aromatic rings. The zero-order chi connectivity index (χ0) is 14.3. The van der Waals surface area contributed by atoms with Gasteiger partial charge in [0.1, 0.15) is 0 Å². The Morgan fingerprint density at radius 2 is 1.65 bits per heavy atom. The first-order valence-corrected chi connectivity index (χ1v) is 6.67. The van der Waals surface area contributed by atoms with Gasteiger partial charge in [-0.25, -0.2) is 0 Å². The molecule has 1 aliphatic heterocycles. The molecule has 0 spiro atoms. The molecule has 20 heavy (non-hydrogen) atoms. The Hall–Kier alpha value is -2.42. The molecule has 0 saturated carbocycles. The maximum Gasteiger partial charge on any atom is 0.198 e. The molecule has 0 radical (unpaired) electrons. The highest BCUT2D eigenvalue weighted by Crippen LogP contribution is 2.33. The number of nitrogens with zero attached hydrogens (tertiary/aromatic N) is 1. The highest BCUT2D eigenvalue weighted by molar-refractivity contribution is 6.40. The van der Waals surface area contributed by atoms with Gasteiger partial charge < -0.3 is 4.90 Å². The molecule has 1 aromatic carbocycles. The Balaban J connectivity index is 2.19. The highest BCUT2D eigenvalue weighted by atomic mass is 16.2. The van der Waals surface area contributed by atoms with Gasteiger partial charge in [0.15, 0.2) is 11.6 Å². The molecule has 0 fully saturated rings. The van der Waals surface area contributed by atoms with E-state index in [1.807, 2.05) is 37.3 Å². The van der Waals surface area contributed by atoms with E-state index < -0.39 is 0 Å². The minimum Gasteiger partial charge on any atom is -0.357 e. The van der Waals surface area contributed by atoms with E-state index >= 15 is 0 Å². The largest absolute Gasteiger partial charge is 0.357 e. The van der Waals surface area contributed by atoms with Crippen molar-refractivity contribution in [3.05, 3.63) is 70.6 Å². The second kappa shape index (κ2) is 4.60. The Bertz CT molecular complexity index is 670. The van der Waals surface area contributed by atoms with E-state index in [1.54, 1.807) is 24.3 Å². The summed E-state index contributed by atoms with van der Waals surface area (Å²) in [6.07, 6.45) is 6.47. The van der Waals surface area contributed by atoms with Crippen LogP contribution < -0.4 is 0 Å². The second-order valence-electron chi connectivity index (χ2n) is 4.98. The lowest BCUT2D eigenvalue weighted by Gasteiger charge is -2.19. The van der Waals surface area contributed by atoms with Crippen molar-refractivity contribution < 1.29 is 9.59 Å². The van der Waals surface area contributed by atoms with Crippen LogP contribution in [-0.4, -0.2) is 23.5 Å². The number of Topliss-reactive ketones (excluding diaryl/α,β-unsaturated/α-hetero) is 2. The van der Waals surface area contributed by atoms with Gasteiger partial charge in [-0.1, -0.05) is 31.2 Å². The van der Waals surface area contributed by atoms with Crippen LogP contribution in [0.1, 0.15) is 34.1 Å². The third-order valence-electron chi connectivity index (χ3n) is 3.70. The average Bonchev–Trinajstić information content (AvgIpc) is 2.72. The first-order chi connectivity index (χ1) is 9.63. The lowest BCUT2D eigenvalue weighted by molar-refractivity contribution is 0.0987. The summed E-state index contributed by atoms with van der Waals surface area (Å²) in [7, 11) is 1.93. The molecular weight excluding hydrogens is 250 g/mol. The van der Waals surface area contributed by atoms with Crippen LogP contribution in [-0.2, 0) is 0 Å². The summed E-state index contributed by atoms with van der Waals surface area (Å²) < 4.78 is 0. The fourth-order valence-electron chi connectivity index (χ4n) is 2.68. The van der Waals surface area contributed by atoms with E-state index in [-0.39, 0.29) is 11.6 Å². The third kappa shape index (κ3) is 1.74. The normalized spacial score (nSPS) is 17.7. The lowest BCUT2D eigenvalue weighted by atomic mass is 9.94. The average molecular weight is 265 g/mol. The van der Waals surface area contributed by atoms with Gasteiger partial charge in [-0.05, 0) is 23.6 Å². The predicted molar refractivity (Wildman–Crippen MR) is 77.4 cm³/mol. The topological polar surface area (TPSA) is 37.4 Å². The molecule has 1 aliphatic carbocycles. The summed E-state index contributed by atoms with van der Waals surface area (Å²) in [5.74, 6) is -0.316. The number of carbonyl (C=O) groups is 2. The van der Waals surface area contributed by atoms with Crippen molar-refractivity contribution in [2.45, 2.75) is 13.3 Å². The van der Waals surface area contributed by atoms with Crippen LogP contribution in [0, 0.1) is 0 Å². The number of allylic oxidation sites excluding steroid dienone is 4. The SMILES string of the molecule is CCC1=CN(C)C=CC1=C1C(=O)c2ccccc2C1=O. The van der Waals surface area contributed by atoms with E-state index in [9.17, 15) is 9.59 Å². The quantitative estimate of drug-likeness (QED) is 0.578. The van der Waals surface area contributed by atoms with Gasteiger partial charge in [0.2, 0.25) is 0 Å². The molecule has 1 heterocycles. The summed E-state index contributed by atoms with van der Waals surface area (Å²) >= 11 is 0. The molecule has 3 heteroatoms. The van der Waals surface area contributed by atoms with Crippen LogP contribution in [0.3, 0.4) is 0 Å². The molecule has 3 rings (SSSR count). The van der Waals surface area contributed by atoms with Crippen LogP contribution in [0.25, 0.3) is 0 Å². The molecule has 0 saturated heterocycles. The number of rotatable bonds is 1. The summed E-state index contributed by atoms with van der Waals surface area (Å²) in [6.45, 7) is 2.02. The predicted octanol–water partition coefficient (Wildman–Crippen LogP) is 3.12. The van der Waals surface area contributed by atoms with Crippen molar-refractivity contribution >= 4 is 11.6 Å². The summed E-state index contributed by atoms with van der Waals surface area (Å²) in [5.41, 5.74) is 3.12. The first-order valence-electron chi connectivity index (χ1n) is 6.67. The molecule has 0 atom stereocenters. The van der Waals surface area contributed by atoms with E-state index in [0.29, 0.717) is 16.7 Å². The van der Waals surface area contributed by atoms with Crippen LogP contribution in [0.4, 0.5) is 0 Å². The van der Waals surface area contributed by atoms with Crippen molar-refractivity contribution in [3.8, 4) is 0 Å². The Morgan fingerprint density at radius 1 is 1.05 bits per heavy atom. The van der Waals surface area contributed by atoms with Crippen LogP contribution in [0.15, 0.2) is 59.5 Å². The first kappa shape index (κ1) is 12.6. The number of carbonyl (C=O) groups excluding carboxylic acids is 2. The molecule has 0 bridgehead atoms. The van der Waals surface area contributed by atoms with Gasteiger partial charge in [-0.2, -0.15) is 0 Å². The van der Waals surface area contributed by atoms with Gasteiger partial charge in [0, 0.05) is 30.6 Å². The zero-order valence-corrected chi connectivity index (χ0v) is 11.5. The minimum atomic E-state index is -0.158. The minimum absolute atomic E-state index is 0.158. The van der Waals surface area contributed by atoms with Crippen molar-refractivity contribution in [2.24, 2.45) is 0 Å². The molecule has 0 amide bonds. The maximum absolute atomic E-state index is 12.5. The second-order valence-corrected chi connectivity index (χ2v) is 4.98. The number of hydrogen-bond acceptors (Lipinski definition) is 3. The van der Waals surface area contributed by atoms with Gasteiger partial charge in [0.25, 0.3) is 0 Å². The summed E-state index contributed by atoms with van der Waals surface area (Å²) in [4.78, 5) is 26.9. The van der Waals surface area contributed by atoms with E-state index in [1.165, 1.54) is 0 Å². The molecule has 0 unspecified atom stereocenters. The maximum atomic E-state index is 12.5. The van der Waals surface area contributed by atoms with Crippen molar-refractivity contribution in [3.63, 3.8) is 0 Å². The Morgan fingerprint density at radius 3 is 2.20 bits per heavy atom.